The molecular formula is C64H102BN9O12S. The first-order valence-corrected chi connectivity index (χ1v) is 32.4. The quantitative estimate of drug-likeness (QED) is 0.0256. The molecule has 21 nitrogen and oxygen atoms in total. The number of anilines is 1. The smallest absolute Gasteiger partial charge is 0.408 e. The number of ether oxygens (including phenoxy) is 2. The van der Waals surface area contributed by atoms with Gasteiger partial charge in [0, 0.05) is 69.7 Å². The maximum Gasteiger partial charge on any atom is 0.408 e. The third kappa shape index (κ3) is 23.0. The summed E-state index contributed by atoms with van der Waals surface area (Å²) in [6.45, 7) is 21.6. The molecule has 4 rings (SSSR count). The molecular weight excluding hydrogens is 1130 g/mol. The van der Waals surface area contributed by atoms with Crippen molar-refractivity contribution in [3.05, 3.63) is 53.6 Å². The van der Waals surface area contributed by atoms with Crippen LogP contribution in [0.25, 0.3) is 0 Å². The summed E-state index contributed by atoms with van der Waals surface area (Å²) in [5.74, 6) is -3.25. The first kappa shape index (κ1) is 73.2. The lowest BCUT2D eigenvalue weighted by Crippen LogP contribution is -2.55. The third-order valence-corrected chi connectivity index (χ3v) is 19.0. The number of carbonyl (C=O) groups is 10. The fourth-order valence-electron chi connectivity index (χ4n) is 11.4. The van der Waals surface area contributed by atoms with Crippen LogP contribution in [0.5, 0.6) is 0 Å². The zero-order valence-electron chi connectivity index (χ0n) is 54.3. The van der Waals surface area contributed by atoms with E-state index in [1.54, 1.807) is 56.9 Å². The number of methoxy groups -OCH3 is 1. The molecule has 2 aliphatic heterocycles. The van der Waals surface area contributed by atoms with Crippen LogP contribution in [0.4, 0.5) is 10.5 Å². The second kappa shape index (κ2) is 35.7. The molecule has 0 radical (unpaired) electrons. The summed E-state index contributed by atoms with van der Waals surface area (Å²) >= 11 is 1.58. The van der Waals surface area contributed by atoms with Gasteiger partial charge in [-0.05, 0) is 90.6 Å². The van der Waals surface area contributed by atoms with Gasteiger partial charge in [-0.1, -0.05) is 125 Å². The van der Waals surface area contributed by atoms with E-state index in [0.29, 0.717) is 55.9 Å². The summed E-state index contributed by atoms with van der Waals surface area (Å²) in [6.07, 6.45) is 12.5. The average molecular weight is 1230 g/mol. The van der Waals surface area contributed by atoms with Crippen molar-refractivity contribution in [3.8, 4) is 0 Å². The Labute approximate surface area is 522 Å². The van der Waals surface area contributed by atoms with Gasteiger partial charge in [-0.25, -0.2) is 4.79 Å². The number of thioether (sulfide) groups is 1. The number of amides is 10. The molecule has 0 bridgehead atoms. The number of unbranched alkanes of at least 4 members (excludes halogenated alkanes) is 3. The van der Waals surface area contributed by atoms with Crippen LogP contribution >= 0.6 is 11.8 Å². The molecule has 0 aromatic heterocycles. The molecule has 6 N–H and O–H groups in total. The molecule has 484 valence electrons. The van der Waals surface area contributed by atoms with Crippen molar-refractivity contribution < 1.29 is 57.4 Å². The van der Waals surface area contributed by atoms with Gasteiger partial charge in [-0.3, -0.25) is 48.1 Å². The van der Waals surface area contributed by atoms with Gasteiger partial charge < -0.3 is 51.2 Å². The molecule has 3 aliphatic rings. The lowest BCUT2D eigenvalue weighted by atomic mass is 9.84. The summed E-state index contributed by atoms with van der Waals surface area (Å²) in [5.41, 5.74) is 2.20. The van der Waals surface area contributed by atoms with Gasteiger partial charge >= 0.3 is 6.09 Å². The summed E-state index contributed by atoms with van der Waals surface area (Å²) in [4.78, 5) is 136. The number of nitrogens with one attached hydrogen (secondary N) is 6. The zero-order chi connectivity index (χ0) is 64.7. The van der Waals surface area contributed by atoms with Gasteiger partial charge in [-0.15, -0.1) is 0 Å². The highest BCUT2D eigenvalue weighted by atomic mass is 32.2. The maximum atomic E-state index is 14.2. The van der Waals surface area contributed by atoms with Crippen LogP contribution < -0.4 is 31.9 Å². The van der Waals surface area contributed by atoms with Crippen LogP contribution in [0, 0.1) is 35.5 Å². The number of rotatable bonds is 36. The Morgan fingerprint density at radius 2 is 1.53 bits per heavy atom. The molecule has 1 aromatic carbocycles. The molecule has 2 fully saturated rings. The van der Waals surface area contributed by atoms with E-state index in [9.17, 15) is 47.9 Å². The number of carbonyl (C=O) groups excluding carboxylic acids is 10. The van der Waals surface area contributed by atoms with Crippen molar-refractivity contribution in [3.63, 3.8) is 0 Å². The van der Waals surface area contributed by atoms with Crippen LogP contribution in [0.1, 0.15) is 159 Å². The molecule has 1 aromatic rings. The van der Waals surface area contributed by atoms with Gasteiger partial charge in [0.15, 0.2) is 0 Å². The number of benzene rings is 1. The predicted molar refractivity (Wildman–Crippen MR) is 341 cm³/mol. The number of alkyl carbamates (subject to hydrolysis) is 1. The highest BCUT2D eigenvalue weighted by molar-refractivity contribution is 8.03. The van der Waals surface area contributed by atoms with E-state index in [2.05, 4.69) is 85.7 Å². The molecule has 23 heteroatoms. The standard InChI is InChI=1S/C64H102BN9O12S/c1-14-16-29-64(11,65)87-51-34-56(79)74(62(51)83)30-19-17-18-22-52(75)66-35-53(76)67-36-54(77)70-48-27-24-46(25-28-48)38-86-63(84)71-58(39(3)4)61(82)68-37-57(80)72(12)59(41(6)15-2)50(85-13)33-55(78)73-31-20-21-49(73)42(7)43(8)60(81)69-45(10)44(9)47-26-23-40(5)32-47/h23-28,32,39-45,49-51,58-59H,14-22,29-31,33-38,65H2,1-13H3,(H,66,75)(H,67,76)(H,68,82)(H,69,81)(H,70,77)(H,71,84)/t40?,41-,42+,43-,44-,45-,49-,50+,51?,58?,59-,64?/m0/s1. The minimum Gasteiger partial charge on any atom is -0.445 e. The van der Waals surface area contributed by atoms with E-state index in [1.165, 1.54) is 22.5 Å². The highest BCUT2D eigenvalue weighted by Gasteiger charge is 2.43. The summed E-state index contributed by atoms with van der Waals surface area (Å²) in [7, 11) is 5.28. The SMILES string of the molecule is BC(C)(CCCC)SC1CC(=O)N(CCCCCC(=O)NCC(=O)NCC(=O)Nc2ccc(COC(=O)NC(C(=O)NCC(=O)N(C)[C@@H]([C@@H](C)CC)[C@@H](CC(=O)N3CCC[C@H]3[C@H](C)[C@H](C)C(=O)N[C@@H](C)[C@H](C)C3=CC(C)C=C3)OC)C(C)C)cc2)C1=O. The number of hydrogen-bond donors (Lipinski definition) is 6. The number of nitrogens with zero attached hydrogens (tertiary/aromatic N) is 3. The van der Waals surface area contributed by atoms with Gasteiger partial charge in [0.1, 0.15) is 20.5 Å². The van der Waals surface area contributed by atoms with Crippen molar-refractivity contribution in [1.82, 2.24) is 41.3 Å². The lowest BCUT2D eigenvalue weighted by molar-refractivity contribution is -0.143. The Morgan fingerprint density at radius 3 is 2.16 bits per heavy atom. The van der Waals surface area contributed by atoms with Crippen molar-refractivity contribution in [1.29, 1.82) is 0 Å². The maximum absolute atomic E-state index is 14.2. The molecule has 0 saturated carbocycles. The summed E-state index contributed by atoms with van der Waals surface area (Å²) < 4.78 is 11.3. The highest BCUT2D eigenvalue weighted by Crippen LogP contribution is 2.37. The van der Waals surface area contributed by atoms with Crippen molar-refractivity contribution >= 4 is 84.6 Å². The molecule has 87 heavy (non-hydrogen) atoms. The minimum absolute atomic E-state index is 0.0175. The predicted octanol–water partition coefficient (Wildman–Crippen LogP) is 6.00. The average Bonchev–Trinajstić information content (AvgIpc) is 3.38. The lowest BCUT2D eigenvalue weighted by Gasteiger charge is -2.39. The minimum atomic E-state index is -1.05. The first-order chi connectivity index (χ1) is 41.1. The second-order valence-electron chi connectivity index (χ2n) is 25.1. The van der Waals surface area contributed by atoms with Crippen molar-refractivity contribution in [2.24, 2.45) is 35.5 Å². The molecule has 10 amide bonds. The topological polar surface area (TPSA) is 271 Å². The largest absolute Gasteiger partial charge is 0.445 e. The number of likely N-dealkylation sites (tertiary alicyclic amines) is 2. The van der Waals surface area contributed by atoms with E-state index in [-0.39, 0.29) is 121 Å². The Hall–Kier alpha value is -6.23. The van der Waals surface area contributed by atoms with E-state index in [0.717, 1.165) is 32.1 Å². The summed E-state index contributed by atoms with van der Waals surface area (Å²) in [6, 6.07) is 4.65. The fourth-order valence-corrected chi connectivity index (χ4v) is 12.9. The van der Waals surface area contributed by atoms with Crippen LogP contribution in [0.3, 0.4) is 0 Å². The Bertz CT molecular complexity index is 2580. The Kier molecular flexibility index (Phi) is 30.0. The number of imide groups is 1. The van der Waals surface area contributed by atoms with Gasteiger partial charge in [0.05, 0.1) is 43.5 Å². The normalized spacial score (nSPS) is 20.0. The van der Waals surface area contributed by atoms with Gasteiger partial charge in [-0.2, -0.15) is 11.8 Å². The van der Waals surface area contributed by atoms with E-state index in [1.807, 2.05) is 39.5 Å². The van der Waals surface area contributed by atoms with E-state index < -0.39 is 53.8 Å². The van der Waals surface area contributed by atoms with Crippen LogP contribution in [-0.4, -0.2) is 169 Å². The van der Waals surface area contributed by atoms with E-state index >= 15 is 0 Å². The second-order valence-corrected chi connectivity index (χ2v) is 27.0. The third-order valence-electron chi connectivity index (χ3n) is 17.5. The van der Waals surface area contributed by atoms with Crippen LogP contribution in [0.2, 0.25) is 0 Å². The first-order valence-electron chi connectivity index (χ1n) is 31.5. The van der Waals surface area contributed by atoms with Gasteiger partial charge in [0.2, 0.25) is 53.2 Å². The van der Waals surface area contributed by atoms with Crippen LogP contribution in [0.15, 0.2) is 48.1 Å². The molecule has 12 atom stereocenters. The van der Waals surface area contributed by atoms with Crippen molar-refractivity contribution in [2.45, 2.75) is 200 Å². The fraction of sp³-hybridized carbons (Fsp3) is 0.688. The molecule has 0 spiro atoms. The Balaban J connectivity index is 1.15. The van der Waals surface area contributed by atoms with Crippen LogP contribution in [-0.2, 0) is 59.2 Å². The van der Waals surface area contributed by atoms with E-state index in [4.69, 9.17) is 9.47 Å². The monoisotopic (exact) mass is 1230 g/mol. The molecule has 2 saturated heterocycles. The summed E-state index contributed by atoms with van der Waals surface area (Å²) in [5, 5.41) is 15.8. The zero-order valence-corrected chi connectivity index (χ0v) is 55.2. The van der Waals surface area contributed by atoms with Gasteiger partial charge in [0.25, 0.3) is 0 Å². The number of allylic oxidation sites excluding steroid dienone is 3. The van der Waals surface area contributed by atoms with Crippen molar-refractivity contribution in [2.75, 3.05) is 52.2 Å². The molecule has 2 heterocycles. The molecule has 4 unspecified atom stereocenters. The number of likely N-dealkylation sites (N-methyl/N-ethyl adjacent to an activating group) is 1. The Morgan fingerprint density at radius 1 is 0.851 bits per heavy atom. The molecule has 1 aliphatic carbocycles. The number of hydrogen-bond acceptors (Lipinski definition) is 13.